The molecular formula is C12H13ClO2. The number of ether oxygens (including phenoxy) is 1. The Kier molecular flexibility index (Phi) is 4.37. The monoisotopic (exact) mass is 224 g/mol. The zero-order valence-electron chi connectivity index (χ0n) is 8.79. The summed E-state index contributed by atoms with van der Waals surface area (Å²) in [4.78, 5) is 11.1. The zero-order valence-corrected chi connectivity index (χ0v) is 9.54. The van der Waals surface area contributed by atoms with Crippen LogP contribution in [0.2, 0.25) is 5.02 Å². The van der Waals surface area contributed by atoms with Gasteiger partial charge in [-0.15, -0.1) is 0 Å². The van der Waals surface area contributed by atoms with Gasteiger partial charge in [-0.2, -0.15) is 0 Å². The Morgan fingerprint density at radius 3 is 2.80 bits per heavy atom. The molecular weight excluding hydrogens is 212 g/mol. The highest BCUT2D eigenvalue weighted by Gasteiger charge is 2.06. The molecule has 0 spiro atoms. The first kappa shape index (κ1) is 11.8. The Bertz CT molecular complexity index is 383. The maximum atomic E-state index is 11.1. The number of hydrogen-bond acceptors (Lipinski definition) is 2. The Balaban J connectivity index is 2.77. The molecule has 1 aromatic carbocycles. The summed E-state index contributed by atoms with van der Waals surface area (Å²) in [7, 11) is 0. The lowest BCUT2D eigenvalue weighted by Gasteiger charge is -2.05. The van der Waals surface area contributed by atoms with Crippen molar-refractivity contribution >= 4 is 17.4 Å². The van der Waals surface area contributed by atoms with E-state index in [1.165, 1.54) is 6.92 Å². The molecule has 0 heterocycles. The van der Waals surface area contributed by atoms with Crippen LogP contribution >= 0.6 is 11.6 Å². The lowest BCUT2D eigenvalue weighted by atomic mass is 10.1. The Morgan fingerprint density at radius 2 is 2.27 bits per heavy atom. The third-order valence-electron chi connectivity index (χ3n) is 1.90. The summed E-state index contributed by atoms with van der Waals surface area (Å²) in [5, 5.41) is 0.431. The molecule has 0 aliphatic heterocycles. The molecule has 0 fully saturated rings. The second-order valence-corrected chi connectivity index (χ2v) is 3.49. The molecule has 0 radical (unpaired) electrons. The fraction of sp³-hybridized carbons (Fsp3) is 0.250. The first-order valence-corrected chi connectivity index (χ1v) is 5.07. The number of hydrogen-bond donors (Lipinski definition) is 0. The molecule has 80 valence electrons. The summed E-state index contributed by atoms with van der Waals surface area (Å²) >= 11 is 5.92. The first-order chi connectivity index (χ1) is 7.15. The topological polar surface area (TPSA) is 26.3 Å². The minimum atomic E-state index is -0.0417. The molecule has 0 N–H and O–H groups in total. The molecule has 0 unspecified atom stereocenters. The smallest absolute Gasteiger partial charge is 0.161 e. The van der Waals surface area contributed by atoms with E-state index in [0.717, 1.165) is 0 Å². The highest BCUT2D eigenvalue weighted by atomic mass is 35.5. The number of rotatable bonds is 4. The lowest BCUT2D eigenvalue weighted by molar-refractivity contribution is 0.101. The van der Waals surface area contributed by atoms with Crippen LogP contribution in [0.25, 0.3) is 0 Å². The van der Waals surface area contributed by atoms with Gasteiger partial charge in [0.15, 0.2) is 5.78 Å². The molecule has 0 saturated carbocycles. The fourth-order valence-corrected chi connectivity index (χ4v) is 1.42. The van der Waals surface area contributed by atoms with Crippen molar-refractivity contribution in [1.29, 1.82) is 0 Å². The SMILES string of the molecule is CC=CCOc1ccc(C(C)=O)c(Cl)c1. The van der Waals surface area contributed by atoms with Gasteiger partial charge in [0.05, 0.1) is 5.02 Å². The second-order valence-electron chi connectivity index (χ2n) is 3.08. The van der Waals surface area contributed by atoms with Gasteiger partial charge in [-0.05, 0) is 32.0 Å². The number of halogens is 1. The van der Waals surface area contributed by atoms with E-state index >= 15 is 0 Å². The van der Waals surface area contributed by atoms with E-state index in [1.54, 1.807) is 18.2 Å². The van der Waals surface area contributed by atoms with Crippen LogP contribution in [0.15, 0.2) is 30.4 Å². The second kappa shape index (κ2) is 5.56. The number of allylic oxidation sites excluding steroid dienone is 1. The highest BCUT2D eigenvalue weighted by Crippen LogP contribution is 2.22. The maximum Gasteiger partial charge on any atom is 0.161 e. The van der Waals surface area contributed by atoms with Crippen molar-refractivity contribution in [1.82, 2.24) is 0 Å². The van der Waals surface area contributed by atoms with Crippen LogP contribution < -0.4 is 4.74 Å². The average Bonchev–Trinajstić information content (AvgIpc) is 2.17. The van der Waals surface area contributed by atoms with E-state index in [9.17, 15) is 4.79 Å². The van der Waals surface area contributed by atoms with E-state index in [-0.39, 0.29) is 5.78 Å². The van der Waals surface area contributed by atoms with Crippen molar-refractivity contribution in [2.24, 2.45) is 0 Å². The van der Waals surface area contributed by atoms with Crippen molar-refractivity contribution in [3.05, 3.63) is 40.9 Å². The molecule has 0 bridgehead atoms. The summed E-state index contributed by atoms with van der Waals surface area (Å²) in [6.07, 6.45) is 3.80. The van der Waals surface area contributed by atoms with Gasteiger partial charge in [0.1, 0.15) is 12.4 Å². The van der Waals surface area contributed by atoms with Crippen molar-refractivity contribution in [2.75, 3.05) is 6.61 Å². The van der Waals surface area contributed by atoms with Crippen LogP contribution in [-0.4, -0.2) is 12.4 Å². The molecule has 0 aliphatic rings. The van der Waals surface area contributed by atoms with Gasteiger partial charge in [-0.25, -0.2) is 0 Å². The van der Waals surface area contributed by atoms with Crippen LogP contribution in [0.3, 0.4) is 0 Å². The van der Waals surface area contributed by atoms with Crippen molar-refractivity contribution in [3.8, 4) is 5.75 Å². The van der Waals surface area contributed by atoms with Gasteiger partial charge >= 0.3 is 0 Å². The van der Waals surface area contributed by atoms with Crippen molar-refractivity contribution < 1.29 is 9.53 Å². The van der Waals surface area contributed by atoms with E-state index in [1.807, 2.05) is 19.1 Å². The molecule has 15 heavy (non-hydrogen) atoms. The molecule has 0 saturated heterocycles. The summed E-state index contributed by atoms with van der Waals surface area (Å²) < 4.78 is 5.38. The van der Waals surface area contributed by atoms with Crippen LogP contribution in [0.1, 0.15) is 24.2 Å². The van der Waals surface area contributed by atoms with Crippen LogP contribution in [0.4, 0.5) is 0 Å². The lowest BCUT2D eigenvalue weighted by Crippen LogP contribution is -1.96. The molecule has 0 aromatic heterocycles. The number of carbonyl (C=O) groups is 1. The van der Waals surface area contributed by atoms with Gasteiger partial charge in [0.25, 0.3) is 0 Å². The molecule has 1 aromatic rings. The summed E-state index contributed by atoms with van der Waals surface area (Å²) in [5.74, 6) is 0.628. The fourth-order valence-electron chi connectivity index (χ4n) is 1.11. The number of benzene rings is 1. The van der Waals surface area contributed by atoms with Gasteiger partial charge in [0, 0.05) is 5.56 Å². The third kappa shape index (κ3) is 3.40. The number of ketones is 1. The van der Waals surface area contributed by atoms with Gasteiger partial charge < -0.3 is 4.74 Å². The van der Waals surface area contributed by atoms with Crippen LogP contribution in [0.5, 0.6) is 5.75 Å². The molecule has 3 heteroatoms. The Labute approximate surface area is 94.5 Å². The molecule has 1 rings (SSSR count). The van der Waals surface area contributed by atoms with Crippen LogP contribution in [0, 0.1) is 0 Å². The summed E-state index contributed by atoms with van der Waals surface area (Å²) in [6, 6.07) is 5.07. The van der Waals surface area contributed by atoms with E-state index in [4.69, 9.17) is 16.3 Å². The molecule has 0 aliphatic carbocycles. The summed E-state index contributed by atoms with van der Waals surface area (Å²) in [6.45, 7) is 3.92. The Morgan fingerprint density at radius 1 is 1.53 bits per heavy atom. The van der Waals surface area contributed by atoms with Crippen molar-refractivity contribution in [3.63, 3.8) is 0 Å². The average molecular weight is 225 g/mol. The largest absolute Gasteiger partial charge is 0.489 e. The predicted molar refractivity (Wildman–Crippen MR) is 61.8 cm³/mol. The minimum Gasteiger partial charge on any atom is -0.489 e. The zero-order chi connectivity index (χ0) is 11.3. The molecule has 0 atom stereocenters. The summed E-state index contributed by atoms with van der Waals surface area (Å²) in [5.41, 5.74) is 0.523. The molecule has 0 amide bonds. The molecule has 2 nitrogen and oxygen atoms in total. The normalized spacial score (nSPS) is 10.6. The standard InChI is InChI=1S/C12H13ClO2/c1-3-4-7-15-10-5-6-11(9(2)14)12(13)8-10/h3-6,8H,7H2,1-2H3. The number of carbonyl (C=O) groups excluding carboxylic acids is 1. The quantitative estimate of drug-likeness (QED) is 0.578. The van der Waals surface area contributed by atoms with Crippen LogP contribution in [-0.2, 0) is 0 Å². The van der Waals surface area contributed by atoms with E-state index < -0.39 is 0 Å². The first-order valence-electron chi connectivity index (χ1n) is 4.69. The van der Waals surface area contributed by atoms with Gasteiger partial charge in [-0.1, -0.05) is 23.8 Å². The maximum absolute atomic E-state index is 11.1. The van der Waals surface area contributed by atoms with Crippen molar-refractivity contribution in [2.45, 2.75) is 13.8 Å². The van der Waals surface area contributed by atoms with Gasteiger partial charge in [0.2, 0.25) is 0 Å². The highest BCUT2D eigenvalue weighted by molar-refractivity contribution is 6.34. The van der Waals surface area contributed by atoms with E-state index in [0.29, 0.717) is 22.9 Å². The third-order valence-corrected chi connectivity index (χ3v) is 2.21. The minimum absolute atomic E-state index is 0.0417. The number of Topliss-reactive ketones (excluding diaryl/α,β-unsaturated/α-hetero) is 1. The van der Waals surface area contributed by atoms with E-state index in [2.05, 4.69) is 0 Å². The Hall–Kier alpha value is -1.28. The predicted octanol–water partition coefficient (Wildman–Crippen LogP) is 3.50. The van der Waals surface area contributed by atoms with Gasteiger partial charge in [-0.3, -0.25) is 4.79 Å².